The summed E-state index contributed by atoms with van der Waals surface area (Å²) in [5.74, 6) is -1.15. The number of rotatable bonds is 3. The molecule has 58 valence electrons. The van der Waals surface area contributed by atoms with Gasteiger partial charge in [-0.05, 0) is 0 Å². The monoisotopic (exact) mass is 162 g/mol. The Morgan fingerprint density at radius 3 is 2.30 bits per heavy atom. The van der Waals surface area contributed by atoms with Crippen LogP contribution in [0.5, 0.6) is 0 Å². The molecule has 1 N–H and O–H groups in total. The number of carbonyl (C=O) groups excluding carboxylic acids is 1. The molecule has 0 saturated heterocycles. The molecular weight excluding hydrogens is 152 g/mol. The maximum absolute atomic E-state index is 10.7. The Hall–Kier alpha value is -0.510. The van der Waals surface area contributed by atoms with Gasteiger partial charge < -0.3 is 5.11 Å². The van der Waals surface area contributed by atoms with Crippen molar-refractivity contribution in [3.8, 4) is 0 Å². The first kappa shape index (κ1) is 9.49. The molecule has 0 aromatic rings. The van der Waals surface area contributed by atoms with Gasteiger partial charge in [0.1, 0.15) is 0 Å². The molecule has 0 fully saturated rings. The van der Waals surface area contributed by atoms with Gasteiger partial charge in [-0.15, -0.1) is 0 Å². The summed E-state index contributed by atoms with van der Waals surface area (Å²) in [6.45, 7) is 3.49. The fraction of sp³-hybridized carbons (Fsp3) is 0.667. The van der Waals surface area contributed by atoms with Crippen LogP contribution in [0.4, 0.5) is 0 Å². The van der Waals surface area contributed by atoms with Gasteiger partial charge in [0, 0.05) is 5.92 Å². The normalized spacial score (nSPS) is 9.90. The van der Waals surface area contributed by atoms with Crippen LogP contribution in [0.3, 0.4) is 0 Å². The van der Waals surface area contributed by atoms with E-state index in [9.17, 15) is 9.59 Å². The van der Waals surface area contributed by atoms with E-state index in [1.165, 1.54) is 0 Å². The minimum Gasteiger partial charge on any atom is -0.481 e. The van der Waals surface area contributed by atoms with Gasteiger partial charge in [-0.2, -0.15) is 0 Å². The van der Waals surface area contributed by atoms with Crippen molar-refractivity contribution in [2.24, 2.45) is 5.92 Å². The van der Waals surface area contributed by atoms with Crippen molar-refractivity contribution in [2.75, 3.05) is 5.75 Å². The first-order chi connectivity index (χ1) is 4.54. The minimum absolute atomic E-state index is 0.0672. The van der Waals surface area contributed by atoms with Crippen LogP contribution in [-0.4, -0.2) is 21.9 Å². The molecular formula is C6H10O3S. The third kappa shape index (κ3) is 4.38. The van der Waals surface area contributed by atoms with E-state index in [1.807, 2.05) is 0 Å². The number of hydrogen-bond donors (Lipinski definition) is 1. The van der Waals surface area contributed by atoms with Crippen LogP contribution in [0, 0.1) is 5.92 Å². The molecule has 0 heterocycles. The van der Waals surface area contributed by atoms with Gasteiger partial charge >= 0.3 is 5.97 Å². The highest BCUT2D eigenvalue weighted by Crippen LogP contribution is 2.09. The molecule has 0 spiro atoms. The highest BCUT2D eigenvalue weighted by molar-refractivity contribution is 8.14. The Balaban J connectivity index is 3.50. The summed E-state index contributed by atoms with van der Waals surface area (Å²) in [4.78, 5) is 20.7. The third-order valence-corrected chi connectivity index (χ3v) is 1.96. The molecule has 0 aliphatic rings. The predicted octanol–water partition coefficient (Wildman–Crippen LogP) is 0.987. The SMILES string of the molecule is CC(C)C(=O)SCC(=O)O. The predicted molar refractivity (Wildman–Crippen MR) is 39.9 cm³/mol. The minimum atomic E-state index is -0.945. The molecule has 0 aromatic heterocycles. The quantitative estimate of drug-likeness (QED) is 0.672. The maximum atomic E-state index is 10.7. The topological polar surface area (TPSA) is 54.4 Å². The Labute approximate surface area is 63.8 Å². The van der Waals surface area contributed by atoms with Crippen molar-refractivity contribution < 1.29 is 14.7 Å². The van der Waals surface area contributed by atoms with Crippen molar-refractivity contribution in [3.05, 3.63) is 0 Å². The second-order valence-electron chi connectivity index (χ2n) is 2.16. The van der Waals surface area contributed by atoms with Gasteiger partial charge in [-0.1, -0.05) is 25.6 Å². The van der Waals surface area contributed by atoms with Crippen LogP contribution >= 0.6 is 11.8 Å². The molecule has 0 radical (unpaired) electrons. The van der Waals surface area contributed by atoms with Crippen LogP contribution < -0.4 is 0 Å². The molecule has 10 heavy (non-hydrogen) atoms. The zero-order valence-electron chi connectivity index (χ0n) is 5.96. The second-order valence-corrected chi connectivity index (χ2v) is 3.14. The van der Waals surface area contributed by atoms with E-state index >= 15 is 0 Å². The van der Waals surface area contributed by atoms with Gasteiger partial charge in [0.15, 0.2) is 5.12 Å². The second kappa shape index (κ2) is 4.33. The molecule has 0 aliphatic heterocycles. The standard InChI is InChI=1S/C6H10O3S/c1-4(2)6(9)10-3-5(7)8/h4H,3H2,1-2H3,(H,7,8). The average Bonchev–Trinajstić information content (AvgIpc) is 1.82. The van der Waals surface area contributed by atoms with Crippen LogP contribution in [-0.2, 0) is 9.59 Å². The number of carbonyl (C=O) groups is 2. The lowest BCUT2D eigenvalue weighted by Crippen LogP contribution is -2.07. The lowest BCUT2D eigenvalue weighted by Gasteiger charge is -1.99. The smallest absolute Gasteiger partial charge is 0.313 e. The van der Waals surface area contributed by atoms with Crippen LogP contribution in [0.2, 0.25) is 0 Å². The van der Waals surface area contributed by atoms with Gasteiger partial charge in [0.05, 0.1) is 5.75 Å². The van der Waals surface area contributed by atoms with E-state index in [2.05, 4.69) is 0 Å². The number of thioether (sulfide) groups is 1. The Kier molecular flexibility index (Phi) is 4.11. The molecule has 0 bridgehead atoms. The number of carboxylic acids is 1. The fourth-order valence-electron chi connectivity index (χ4n) is 0.300. The summed E-state index contributed by atoms with van der Waals surface area (Å²) in [6, 6.07) is 0. The number of aliphatic carboxylic acids is 1. The first-order valence-electron chi connectivity index (χ1n) is 2.92. The van der Waals surface area contributed by atoms with E-state index in [0.717, 1.165) is 11.8 Å². The van der Waals surface area contributed by atoms with E-state index < -0.39 is 5.97 Å². The van der Waals surface area contributed by atoms with E-state index in [0.29, 0.717) is 0 Å². The van der Waals surface area contributed by atoms with Crippen LogP contribution in [0.15, 0.2) is 0 Å². The van der Waals surface area contributed by atoms with Gasteiger partial charge in [0.25, 0.3) is 0 Å². The molecule has 0 amide bonds. The van der Waals surface area contributed by atoms with E-state index in [-0.39, 0.29) is 16.8 Å². The third-order valence-electron chi connectivity index (χ3n) is 0.809. The van der Waals surface area contributed by atoms with Crippen molar-refractivity contribution in [1.29, 1.82) is 0 Å². The summed E-state index contributed by atoms with van der Waals surface area (Å²) in [7, 11) is 0. The summed E-state index contributed by atoms with van der Waals surface area (Å²) >= 11 is 0.854. The largest absolute Gasteiger partial charge is 0.481 e. The van der Waals surface area contributed by atoms with E-state index in [4.69, 9.17) is 5.11 Å². The van der Waals surface area contributed by atoms with Crippen molar-refractivity contribution in [3.63, 3.8) is 0 Å². The first-order valence-corrected chi connectivity index (χ1v) is 3.91. The van der Waals surface area contributed by atoms with Gasteiger partial charge in [-0.3, -0.25) is 9.59 Å². The number of carboxylic acid groups (broad SMARTS) is 1. The van der Waals surface area contributed by atoms with E-state index in [1.54, 1.807) is 13.8 Å². The molecule has 0 unspecified atom stereocenters. The summed E-state index contributed by atoms with van der Waals surface area (Å²) < 4.78 is 0. The van der Waals surface area contributed by atoms with Gasteiger partial charge in [-0.25, -0.2) is 0 Å². The van der Waals surface area contributed by atoms with Crippen LogP contribution in [0.25, 0.3) is 0 Å². The summed E-state index contributed by atoms with van der Waals surface area (Å²) in [5, 5.41) is 8.10. The molecule has 0 atom stereocenters. The Bertz CT molecular complexity index is 142. The molecule has 0 aliphatic carbocycles. The van der Waals surface area contributed by atoms with Crippen molar-refractivity contribution in [1.82, 2.24) is 0 Å². The van der Waals surface area contributed by atoms with Crippen LogP contribution in [0.1, 0.15) is 13.8 Å². The van der Waals surface area contributed by atoms with Gasteiger partial charge in [0.2, 0.25) is 0 Å². The molecule has 3 nitrogen and oxygen atoms in total. The van der Waals surface area contributed by atoms with Crippen molar-refractivity contribution in [2.45, 2.75) is 13.8 Å². The number of hydrogen-bond acceptors (Lipinski definition) is 3. The molecule has 0 saturated carbocycles. The summed E-state index contributed by atoms with van der Waals surface area (Å²) in [5.41, 5.74) is 0. The highest BCUT2D eigenvalue weighted by Gasteiger charge is 2.09. The molecule has 0 aromatic carbocycles. The molecule has 0 rings (SSSR count). The highest BCUT2D eigenvalue weighted by atomic mass is 32.2. The lowest BCUT2D eigenvalue weighted by molar-refractivity contribution is -0.134. The lowest BCUT2D eigenvalue weighted by atomic mass is 10.3. The average molecular weight is 162 g/mol. The van der Waals surface area contributed by atoms with Crippen molar-refractivity contribution >= 4 is 22.8 Å². The molecule has 4 heteroatoms. The fourth-order valence-corrected chi connectivity index (χ4v) is 0.899. The zero-order chi connectivity index (χ0) is 8.15. The summed E-state index contributed by atoms with van der Waals surface area (Å²) in [6.07, 6.45) is 0. The zero-order valence-corrected chi connectivity index (χ0v) is 6.77. The Morgan fingerprint density at radius 1 is 1.50 bits per heavy atom. The maximum Gasteiger partial charge on any atom is 0.313 e. The Morgan fingerprint density at radius 2 is 2.00 bits per heavy atom.